The molecule has 0 atom stereocenters. The topological polar surface area (TPSA) is 0 Å². The van der Waals surface area contributed by atoms with Crippen LogP contribution in [-0.2, 0) is 0 Å². The highest BCUT2D eigenvalue weighted by atomic mass is 14.0. The van der Waals surface area contributed by atoms with E-state index in [2.05, 4.69) is 96.5 Å². The standard InChI is InChI=1S/C31H24/c1(2-6-12-26-13-8-4-9-14-26)3-7-15-27-18-20-29(21-19-27)31-24-22-30(23-25-31)28-16-10-5-11-17-28/h4-5,8-11,13-14,16-25H,1-3H2. The molecule has 0 aromatic heterocycles. The minimum atomic E-state index is 0.867. The van der Waals surface area contributed by atoms with Crippen molar-refractivity contribution in [1.29, 1.82) is 0 Å². The molecule has 0 saturated carbocycles. The third-order valence-corrected chi connectivity index (χ3v) is 5.05. The highest BCUT2D eigenvalue weighted by Gasteiger charge is 2.00. The SMILES string of the molecule is C(#Cc1ccccc1)CCCC#Cc1ccc(-c2ccc(-c3ccccc3)cc2)cc1. The summed E-state index contributed by atoms with van der Waals surface area (Å²) in [7, 11) is 0. The average molecular weight is 397 g/mol. The van der Waals surface area contributed by atoms with Gasteiger partial charge in [-0.2, -0.15) is 0 Å². The lowest BCUT2D eigenvalue weighted by Gasteiger charge is -2.05. The van der Waals surface area contributed by atoms with Crippen molar-refractivity contribution in [1.82, 2.24) is 0 Å². The van der Waals surface area contributed by atoms with E-state index < -0.39 is 0 Å². The minimum Gasteiger partial charge on any atom is -0.0979 e. The van der Waals surface area contributed by atoms with Gasteiger partial charge in [0.15, 0.2) is 0 Å². The molecule has 0 radical (unpaired) electrons. The third-order valence-electron chi connectivity index (χ3n) is 5.05. The summed E-state index contributed by atoms with van der Waals surface area (Å²) in [6.45, 7) is 0. The Kier molecular flexibility index (Phi) is 6.99. The minimum absolute atomic E-state index is 0.867. The van der Waals surface area contributed by atoms with Crippen molar-refractivity contribution in [3.05, 3.63) is 120 Å². The maximum atomic E-state index is 3.27. The van der Waals surface area contributed by atoms with Crippen LogP contribution in [0.2, 0.25) is 0 Å². The van der Waals surface area contributed by atoms with Crippen LogP contribution < -0.4 is 0 Å². The maximum absolute atomic E-state index is 3.27. The number of benzene rings is 4. The first-order valence-electron chi connectivity index (χ1n) is 10.7. The molecule has 0 bridgehead atoms. The second-order valence-corrected chi connectivity index (χ2v) is 7.34. The molecule has 0 nitrogen and oxygen atoms in total. The molecule has 4 rings (SSSR count). The van der Waals surface area contributed by atoms with Crippen LogP contribution in [-0.4, -0.2) is 0 Å². The van der Waals surface area contributed by atoms with Crippen molar-refractivity contribution in [3.63, 3.8) is 0 Å². The van der Waals surface area contributed by atoms with Gasteiger partial charge in [-0.25, -0.2) is 0 Å². The summed E-state index contributed by atoms with van der Waals surface area (Å²) in [5.74, 6) is 12.9. The monoisotopic (exact) mass is 396 g/mol. The summed E-state index contributed by atoms with van der Waals surface area (Å²) >= 11 is 0. The Morgan fingerprint density at radius 2 is 0.774 bits per heavy atom. The molecule has 0 aliphatic heterocycles. The zero-order chi connectivity index (χ0) is 21.1. The summed E-state index contributed by atoms with van der Waals surface area (Å²) in [6.07, 6.45) is 2.74. The van der Waals surface area contributed by atoms with Crippen molar-refractivity contribution in [2.45, 2.75) is 19.3 Å². The van der Waals surface area contributed by atoms with Crippen LogP contribution in [0.5, 0.6) is 0 Å². The van der Waals surface area contributed by atoms with Gasteiger partial charge in [-0.1, -0.05) is 109 Å². The fourth-order valence-corrected chi connectivity index (χ4v) is 3.35. The van der Waals surface area contributed by atoms with Gasteiger partial charge in [0.05, 0.1) is 0 Å². The molecule has 0 saturated heterocycles. The van der Waals surface area contributed by atoms with E-state index in [1.807, 2.05) is 36.4 Å². The predicted octanol–water partition coefficient (Wildman–Crippen LogP) is 7.59. The highest BCUT2D eigenvalue weighted by Crippen LogP contribution is 2.25. The number of hydrogen-bond donors (Lipinski definition) is 0. The van der Waals surface area contributed by atoms with Gasteiger partial charge in [-0.15, -0.1) is 0 Å². The number of rotatable bonds is 4. The molecule has 0 spiro atoms. The normalized spacial score (nSPS) is 9.81. The van der Waals surface area contributed by atoms with Gasteiger partial charge >= 0.3 is 0 Å². The van der Waals surface area contributed by atoms with Crippen LogP contribution in [0, 0.1) is 23.7 Å². The van der Waals surface area contributed by atoms with E-state index in [-0.39, 0.29) is 0 Å². The number of hydrogen-bond acceptors (Lipinski definition) is 0. The fourth-order valence-electron chi connectivity index (χ4n) is 3.35. The molecule has 0 aliphatic carbocycles. The van der Waals surface area contributed by atoms with E-state index in [9.17, 15) is 0 Å². The summed E-state index contributed by atoms with van der Waals surface area (Å²) in [6, 6.07) is 37.8. The van der Waals surface area contributed by atoms with E-state index >= 15 is 0 Å². The van der Waals surface area contributed by atoms with E-state index in [0.717, 1.165) is 30.4 Å². The van der Waals surface area contributed by atoms with Crippen molar-refractivity contribution in [2.75, 3.05) is 0 Å². The van der Waals surface area contributed by atoms with Gasteiger partial charge in [-0.05, 0) is 52.9 Å². The van der Waals surface area contributed by atoms with Gasteiger partial charge in [0, 0.05) is 24.0 Å². The van der Waals surface area contributed by atoms with Crippen molar-refractivity contribution >= 4 is 0 Å². The molecule has 0 fully saturated rings. The molecular weight excluding hydrogens is 372 g/mol. The first-order valence-corrected chi connectivity index (χ1v) is 10.7. The molecule has 4 aromatic rings. The van der Waals surface area contributed by atoms with Crippen molar-refractivity contribution in [3.8, 4) is 45.9 Å². The molecule has 4 aromatic carbocycles. The molecule has 31 heavy (non-hydrogen) atoms. The van der Waals surface area contributed by atoms with Crippen LogP contribution in [0.1, 0.15) is 30.4 Å². The molecule has 0 N–H and O–H groups in total. The Morgan fingerprint density at radius 1 is 0.387 bits per heavy atom. The number of unbranched alkanes of at least 4 members (excludes halogenated alkanes) is 2. The van der Waals surface area contributed by atoms with Crippen LogP contribution >= 0.6 is 0 Å². The zero-order valence-electron chi connectivity index (χ0n) is 17.5. The van der Waals surface area contributed by atoms with Crippen LogP contribution in [0.4, 0.5) is 0 Å². The van der Waals surface area contributed by atoms with Crippen LogP contribution in [0.15, 0.2) is 109 Å². The summed E-state index contributed by atoms with van der Waals surface area (Å²) < 4.78 is 0. The van der Waals surface area contributed by atoms with Gasteiger partial charge in [0.1, 0.15) is 0 Å². The Bertz CT molecular complexity index is 1210. The quantitative estimate of drug-likeness (QED) is 0.246. The Hall–Kier alpha value is -4.00. The molecule has 0 amide bonds. The predicted molar refractivity (Wildman–Crippen MR) is 131 cm³/mol. The van der Waals surface area contributed by atoms with E-state index in [4.69, 9.17) is 0 Å². The van der Waals surface area contributed by atoms with Gasteiger partial charge < -0.3 is 0 Å². The lowest BCUT2D eigenvalue weighted by Crippen LogP contribution is -1.81. The molecule has 148 valence electrons. The second-order valence-electron chi connectivity index (χ2n) is 7.34. The first-order chi connectivity index (χ1) is 15.4. The zero-order valence-corrected chi connectivity index (χ0v) is 17.5. The molecule has 0 aliphatic rings. The Balaban J connectivity index is 1.29. The van der Waals surface area contributed by atoms with E-state index in [0.29, 0.717) is 0 Å². The molecular formula is C31H24. The molecule has 0 heterocycles. The van der Waals surface area contributed by atoms with E-state index in [1.54, 1.807) is 0 Å². The summed E-state index contributed by atoms with van der Waals surface area (Å²) in [5.41, 5.74) is 7.03. The second kappa shape index (κ2) is 10.7. The smallest absolute Gasteiger partial charge is 0.0245 e. The highest BCUT2D eigenvalue weighted by molar-refractivity contribution is 5.70. The Morgan fingerprint density at radius 3 is 1.29 bits per heavy atom. The average Bonchev–Trinajstić information content (AvgIpc) is 2.85. The molecule has 0 heteroatoms. The van der Waals surface area contributed by atoms with Crippen molar-refractivity contribution < 1.29 is 0 Å². The third kappa shape index (κ3) is 5.99. The van der Waals surface area contributed by atoms with Crippen LogP contribution in [0.3, 0.4) is 0 Å². The van der Waals surface area contributed by atoms with E-state index in [1.165, 1.54) is 22.3 Å². The van der Waals surface area contributed by atoms with Gasteiger partial charge in [-0.3, -0.25) is 0 Å². The lowest BCUT2D eigenvalue weighted by molar-refractivity contribution is 0.903. The Labute approximate surface area is 185 Å². The van der Waals surface area contributed by atoms with Crippen LogP contribution in [0.25, 0.3) is 22.3 Å². The molecule has 0 unspecified atom stereocenters. The van der Waals surface area contributed by atoms with Crippen molar-refractivity contribution in [2.24, 2.45) is 0 Å². The summed E-state index contributed by atoms with van der Waals surface area (Å²) in [5, 5.41) is 0. The lowest BCUT2D eigenvalue weighted by atomic mass is 10.00. The first kappa shape index (κ1) is 20.3. The largest absolute Gasteiger partial charge is 0.0979 e. The van der Waals surface area contributed by atoms with Gasteiger partial charge in [0.2, 0.25) is 0 Å². The van der Waals surface area contributed by atoms with Gasteiger partial charge in [0.25, 0.3) is 0 Å². The summed E-state index contributed by atoms with van der Waals surface area (Å²) in [4.78, 5) is 0. The fraction of sp³-hybridized carbons (Fsp3) is 0.0968. The maximum Gasteiger partial charge on any atom is 0.0245 e.